The van der Waals surface area contributed by atoms with Gasteiger partial charge < -0.3 is 5.32 Å². The van der Waals surface area contributed by atoms with Crippen LogP contribution in [-0.4, -0.2) is 32.4 Å². The fourth-order valence-corrected chi connectivity index (χ4v) is 3.89. The van der Waals surface area contributed by atoms with Crippen LogP contribution < -0.4 is 5.32 Å². The lowest BCUT2D eigenvalue weighted by molar-refractivity contribution is 0.445. The molecule has 0 amide bonds. The van der Waals surface area contributed by atoms with Gasteiger partial charge in [0.05, 0.1) is 11.4 Å². The number of hydrogen-bond acceptors (Lipinski definition) is 3. The van der Waals surface area contributed by atoms with Crippen LogP contribution in [0.1, 0.15) is 25.3 Å². The minimum atomic E-state index is -3.50. The molecule has 1 heterocycles. The molecular weight excluding hydrogens is 272 g/mol. The molecule has 4 nitrogen and oxygen atoms in total. The highest BCUT2D eigenvalue weighted by atomic mass is 32.2. The fraction of sp³-hybridized carbons (Fsp3) is 0.467. The van der Waals surface area contributed by atoms with Crippen LogP contribution in [0.3, 0.4) is 0 Å². The monoisotopic (exact) mass is 292 g/mol. The minimum absolute atomic E-state index is 0.117. The second-order valence-electron chi connectivity index (χ2n) is 4.89. The molecule has 1 aromatic carbocycles. The summed E-state index contributed by atoms with van der Waals surface area (Å²) in [6, 6.07) is 5.28. The van der Waals surface area contributed by atoms with Gasteiger partial charge in [-0.2, -0.15) is 4.31 Å². The normalized spacial score (nSPS) is 14.4. The van der Waals surface area contributed by atoms with Crippen molar-refractivity contribution in [2.45, 2.75) is 31.1 Å². The Morgan fingerprint density at radius 2 is 2.25 bits per heavy atom. The van der Waals surface area contributed by atoms with Gasteiger partial charge in [0.1, 0.15) is 0 Å². The van der Waals surface area contributed by atoms with Crippen molar-refractivity contribution < 1.29 is 8.42 Å². The molecule has 0 saturated heterocycles. The molecule has 20 heavy (non-hydrogen) atoms. The van der Waals surface area contributed by atoms with Crippen molar-refractivity contribution in [3.8, 4) is 12.3 Å². The molecule has 0 spiro atoms. The molecule has 5 heteroatoms. The Balaban J connectivity index is 2.35. The summed E-state index contributed by atoms with van der Waals surface area (Å²) < 4.78 is 26.6. The number of anilines is 1. The molecule has 1 aliphatic heterocycles. The zero-order chi connectivity index (χ0) is 14.6. The number of hydrogen-bond donors (Lipinski definition) is 1. The highest BCUT2D eigenvalue weighted by molar-refractivity contribution is 7.89. The van der Waals surface area contributed by atoms with Crippen LogP contribution in [0.2, 0.25) is 0 Å². The molecule has 1 N–H and O–H groups in total. The van der Waals surface area contributed by atoms with E-state index in [1.807, 2.05) is 13.0 Å². The third-order valence-electron chi connectivity index (χ3n) is 3.39. The standard InChI is InChI=1S/C15H20N2O2S/c1-3-10-17(11-4-2)20(18,19)14-7-8-15-13(12-14)6-5-9-16-15/h1,7-8,12,16H,4-6,9-11H2,2H3. The quantitative estimate of drug-likeness (QED) is 0.845. The van der Waals surface area contributed by atoms with E-state index in [4.69, 9.17) is 6.42 Å². The summed E-state index contributed by atoms with van der Waals surface area (Å²) in [5.41, 5.74) is 2.10. The Morgan fingerprint density at radius 3 is 2.95 bits per heavy atom. The van der Waals surface area contributed by atoms with Crippen LogP contribution in [0.15, 0.2) is 23.1 Å². The maximum Gasteiger partial charge on any atom is 0.243 e. The number of terminal acetylenes is 1. The van der Waals surface area contributed by atoms with Crippen LogP contribution in [0.25, 0.3) is 0 Å². The van der Waals surface area contributed by atoms with E-state index in [0.29, 0.717) is 11.4 Å². The van der Waals surface area contributed by atoms with Gasteiger partial charge in [0.15, 0.2) is 0 Å². The van der Waals surface area contributed by atoms with Crippen LogP contribution in [0.5, 0.6) is 0 Å². The van der Waals surface area contributed by atoms with Gasteiger partial charge in [0.25, 0.3) is 0 Å². The molecule has 1 aromatic rings. The Labute approximate surface area is 121 Å². The van der Waals surface area contributed by atoms with Crippen LogP contribution in [0.4, 0.5) is 5.69 Å². The SMILES string of the molecule is C#CCN(CCC)S(=O)(=O)c1ccc2c(c1)CCCN2. The highest BCUT2D eigenvalue weighted by Crippen LogP contribution is 2.26. The van der Waals surface area contributed by atoms with Crippen molar-refractivity contribution in [3.63, 3.8) is 0 Å². The second kappa shape index (κ2) is 6.29. The van der Waals surface area contributed by atoms with E-state index in [9.17, 15) is 8.42 Å². The molecule has 0 aromatic heterocycles. The van der Waals surface area contributed by atoms with Crippen molar-refractivity contribution in [2.75, 3.05) is 25.0 Å². The first-order chi connectivity index (χ1) is 9.59. The summed E-state index contributed by atoms with van der Waals surface area (Å²) in [5, 5.41) is 3.28. The number of benzene rings is 1. The molecule has 1 aliphatic rings. The van der Waals surface area contributed by atoms with Gasteiger partial charge in [-0.15, -0.1) is 6.42 Å². The van der Waals surface area contributed by atoms with Crippen molar-refractivity contribution in [1.82, 2.24) is 4.31 Å². The first kappa shape index (κ1) is 14.9. The lowest BCUT2D eigenvalue weighted by atomic mass is 10.0. The van der Waals surface area contributed by atoms with E-state index in [1.54, 1.807) is 12.1 Å². The lowest BCUT2D eigenvalue weighted by Crippen LogP contribution is -2.32. The number of nitrogens with zero attached hydrogens (tertiary/aromatic N) is 1. The van der Waals surface area contributed by atoms with Crippen molar-refractivity contribution >= 4 is 15.7 Å². The van der Waals surface area contributed by atoms with Gasteiger partial charge in [-0.3, -0.25) is 0 Å². The van der Waals surface area contributed by atoms with Crippen LogP contribution >= 0.6 is 0 Å². The van der Waals surface area contributed by atoms with Crippen molar-refractivity contribution in [3.05, 3.63) is 23.8 Å². The van der Waals surface area contributed by atoms with E-state index in [2.05, 4.69) is 11.2 Å². The maximum atomic E-state index is 12.6. The first-order valence-electron chi connectivity index (χ1n) is 6.90. The summed E-state index contributed by atoms with van der Waals surface area (Å²) in [5.74, 6) is 2.43. The number of fused-ring (bicyclic) bond motifs is 1. The lowest BCUT2D eigenvalue weighted by Gasteiger charge is -2.22. The molecule has 0 bridgehead atoms. The molecule has 0 aliphatic carbocycles. The second-order valence-corrected chi connectivity index (χ2v) is 6.83. The number of rotatable bonds is 5. The van der Waals surface area contributed by atoms with E-state index in [0.717, 1.165) is 37.1 Å². The fourth-order valence-electron chi connectivity index (χ4n) is 2.40. The number of aryl methyl sites for hydroxylation is 1. The Hall–Kier alpha value is -1.51. The van der Waals surface area contributed by atoms with E-state index in [1.165, 1.54) is 4.31 Å². The summed E-state index contributed by atoms with van der Waals surface area (Å²) in [6.07, 6.45) is 7.96. The van der Waals surface area contributed by atoms with E-state index >= 15 is 0 Å². The average molecular weight is 292 g/mol. The van der Waals surface area contributed by atoms with Gasteiger partial charge in [-0.25, -0.2) is 8.42 Å². The molecule has 108 valence electrons. The zero-order valence-electron chi connectivity index (χ0n) is 11.7. The zero-order valence-corrected chi connectivity index (χ0v) is 12.5. The number of nitrogens with one attached hydrogen (secondary N) is 1. The van der Waals surface area contributed by atoms with Gasteiger partial charge >= 0.3 is 0 Å². The predicted octanol–water partition coefficient (Wildman–Crippen LogP) is 2.08. The molecular formula is C15H20N2O2S. The molecule has 0 unspecified atom stereocenters. The van der Waals surface area contributed by atoms with Crippen LogP contribution in [0, 0.1) is 12.3 Å². The highest BCUT2D eigenvalue weighted by Gasteiger charge is 2.24. The minimum Gasteiger partial charge on any atom is -0.385 e. The predicted molar refractivity (Wildman–Crippen MR) is 81.1 cm³/mol. The van der Waals surface area contributed by atoms with E-state index < -0.39 is 10.0 Å². The average Bonchev–Trinajstić information content (AvgIpc) is 2.46. The summed E-state index contributed by atoms with van der Waals surface area (Å²) in [7, 11) is -3.50. The Morgan fingerprint density at radius 1 is 1.45 bits per heavy atom. The largest absolute Gasteiger partial charge is 0.385 e. The smallest absolute Gasteiger partial charge is 0.243 e. The molecule has 0 fully saturated rings. The number of sulfonamides is 1. The summed E-state index contributed by atoms with van der Waals surface area (Å²) >= 11 is 0. The Bertz CT molecular complexity index is 617. The van der Waals surface area contributed by atoms with Crippen LogP contribution in [-0.2, 0) is 16.4 Å². The van der Waals surface area contributed by atoms with Gasteiger partial charge in [-0.05, 0) is 43.0 Å². The molecule has 0 saturated carbocycles. The van der Waals surface area contributed by atoms with E-state index in [-0.39, 0.29) is 6.54 Å². The van der Waals surface area contributed by atoms with Gasteiger partial charge in [0.2, 0.25) is 10.0 Å². The third kappa shape index (κ3) is 2.97. The molecule has 0 radical (unpaired) electrons. The molecule has 2 rings (SSSR count). The molecule has 0 atom stereocenters. The van der Waals surface area contributed by atoms with Crippen molar-refractivity contribution in [1.29, 1.82) is 0 Å². The van der Waals surface area contributed by atoms with Crippen molar-refractivity contribution in [2.24, 2.45) is 0 Å². The summed E-state index contributed by atoms with van der Waals surface area (Å²) in [4.78, 5) is 0.337. The Kier molecular flexibility index (Phi) is 4.69. The first-order valence-corrected chi connectivity index (χ1v) is 8.34. The topological polar surface area (TPSA) is 49.4 Å². The van der Waals surface area contributed by atoms with Gasteiger partial charge in [-0.1, -0.05) is 12.8 Å². The van der Waals surface area contributed by atoms with Gasteiger partial charge in [0, 0.05) is 18.8 Å². The maximum absolute atomic E-state index is 12.6. The summed E-state index contributed by atoms with van der Waals surface area (Å²) in [6.45, 7) is 3.45. The third-order valence-corrected chi connectivity index (χ3v) is 5.23.